The van der Waals surface area contributed by atoms with Crippen molar-refractivity contribution in [1.29, 1.82) is 0 Å². The maximum absolute atomic E-state index is 3.71. The lowest BCUT2D eigenvalue weighted by Crippen LogP contribution is -2.47. The van der Waals surface area contributed by atoms with Gasteiger partial charge in [0.05, 0.1) is 0 Å². The molecule has 108 valence electrons. The first-order valence-corrected chi connectivity index (χ1v) is 7.75. The largest absolute Gasteiger partial charge is 0.310 e. The number of hydrogen-bond donors (Lipinski definition) is 1. The maximum Gasteiger partial charge on any atom is 0.0192 e. The monoisotopic (exact) mass is 254 g/mol. The maximum atomic E-state index is 3.71. The fourth-order valence-electron chi connectivity index (χ4n) is 2.56. The second-order valence-corrected chi connectivity index (χ2v) is 7.52. The summed E-state index contributed by atoms with van der Waals surface area (Å²) >= 11 is 0. The normalized spacial score (nSPS) is 23.7. The summed E-state index contributed by atoms with van der Waals surface area (Å²) in [5, 5.41) is 3.71. The Hall–Kier alpha value is -0.0800. The van der Waals surface area contributed by atoms with E-state index < -0.39 is 0 Å². The molecule has 1 N–H and O–H groups in total. The van der Waals surface area contributed by atoms with Crippen LogP contribution in [0.25, 0.3) is 0 Å². The topological polar surface area (TPSA) is 15.3 Å². The average molecular weight is 254 g/mol. The molecule has 2 nitrogen and oxygen atoms in total. The molecular formula is C16H34N2. The molecule has 0 spiro atoms. The Bertz CT molecular complexity index is 245. The molecule has 18 heavy (non-hydrogen) atoms. The fourth-order valence-corrected chi connectivity index (χ4v) is 2.56. The number of hydrogen-bond acceptors (Lipinski definition) is 2. The molecule has 0 aromatic carbocycles. The Kier molecular flexibility index (Phi) is 5.67. The predicted octanol–water partition coefficient (Wildman–Crippen LogP) is 3.67. The summed E-state index contributed by atoms with van der Waals surface area (Å²) in [6, 6.07) is 0.657. The summed E-state index contributed by atoms with van der Waals surface area (Å²) in [6.45, 7) is 17.7. The highest BCUT2D eigenvalue weighted by Crippen LogP contribution is 2.30. The Balaban J connectivity index is 2.40. The van der Waals surface area contributed by atoms with Crippen LogP contribution in [0.4, 0.5) is 0 Å². The van der Waals surface area contributed by atoms with Crippen molar-refractivity contribution < 1.29 is 0 Å². The van der Waals surface area contributed by atoms with Gasteiger partial charge in [0.1, 0.15) is 0 Å². The molecule has 0 aliphatic carbocycles. The van der Waals surface area contributed by atoms with Crippen LogP contribution < -0.4 is 5.32 Å². The zero-order chi connectivity index (χ0) is 13.8. The van der Waals surface area contributed by atoms with Gasteiger partial charge in [0, 0.05) is 18.1 Å². The first-order valence-electron chi connectivity index (χ1n) is 7.75. The van der Waals surface area contributed by atoms with E-state index in [1.54, 1.807) is 0 Å². The average Bonchev–Trinajstić information content (AvgIpc) is 2.47. The van der Waals surface area contributed by atoms with Crippen LogP contribution in [0, 0.1) is 5.41 Å². The SMILES string of the molecule is CCC(C)(C)NCC(C)N1CCCC(C)(C)CC1. The van der Waals surface area contributed by atoms with Gasteiger partial charge in [-0.25, -0.2) is 0 Å². The van der Waals surface area contributed by atoms with Gasteiger partial charge in [-0.3, -0.25) is 4.90 Å². The third-order valence-electron chi connectivity index (χ3n) is 4.76. The van der Waals surface area contributed by atoms with Crippen LogP contribution in [-0.2, 0) is 0 Å². The molecule has 2 heteroatoms. The van der Waals surface area contributed by atoms with E-state index in [1.807, 2.05) is 0 Å². The quantitative estimate of drug-likeness (QED) is 0.805. The molecule has 1 fully saturated rings. The molecule has 0 aromatic rings. The van der Waals surface area contributed by atoms with Crippen LogP contribution in [0.5, 0.6) is 0 Å². The van der Waals surface area contributed by atoms with E-state index >= 15 is 0 Å². The number of nitrogens with zero attached hydrogens (tertiary/aromatic N) is 1. The third kappa shape index (κ3) is 5.27. The lowest BCUT2D eigenvalue weighted by atomic mass is 9.85. The molecule has 0 bridgehead atoms. The minimum Gasteiger partial charge on any atom is -0.310 e. The van der Waals surface area contributed by atoms with Crippen LogP contribution >= 0.6 is 0 Å². The van der Waals surface area contributed by atoms with Gasteiger partial charge < -0.3 is 5.32 Å². The number of rotatable bonds is 5. The highest BCUT2D eigenvalue weighted by atomic mass is 15.2. The van der Waals surface area contributed by atoms with E-state index in [0.717, 1.165) is 6.54 Å². The summed E-state index contributed by atoms with van der Waals surface area (Å²) < 4.78 is 0. The minimum absolute atomic E-state index is 0.277. The first kappa shape index (κ1) is 16.0. The summed E-state index contributed by atoms with van der Waals surface area (Å²) in [5.41, 5.74) is 0.823. The highest BCUT2D eigenvalue weighted by Gasteiger charge is 2.25. The lowest BCUT2D eigenvalue weighted by molar-refractivity contribution is 0.190. The number of likely N-dealkylation sites (tertiary alicyclic amines) is 1. The van der Waals surface area contributed by atoms with Gasteiger partial charge in [-0.05, 0) is 65.0 Å². The van der Waals surface area contributed by atoms with Gasteiger partial charge in [-0.15, -0.1) is 0 Å². The van der Waals surface area contributed by atoms with Crippen molar-refractivity contribution in [3.63, 3.8) is 0 Å². The van der Waals surface area contributed by atoms with E-state index in [4.69, 9.17) is 0 Å². The molecule has 1 aliphatic rings. The molecule has 0 radical (unpaired) electrons. The van der Waals surface area contributed by atoms with Gasteiger partial charge in [-0.1, -0.05) is 20.8 Å². The zero-order valence-electron chi connectivity index (χ0n) is 13.5. The Morgan fingerprint density at radius 3 is 2.50 bits per heavy atom. The van der Waals surface area contributed by atoms with Crippen LogP contribution in [0.1, 0.15) is 67.2 Å². The molecule has 1 rings (SSSR count). The second-order valence-electron chi connectivity index (χ2n) is 7.52. The first-order chi connectivity index (χ1) is 8.26. The summed E-state index contributed by atoms with van der Waals surface area (Å²) in [6.07, 6.45) is 5.26. The van der Waals surface area contributed by atoms with Crippen LogP contribution in [0.3, 0.4) is 0 Å². The van der Waals surface area contributed by atoms with Crippen molar-refractivity contribution in [2.45, 2.75) is 78.8 Å². The van der Waals surface area contributed by atoms with E-state index in [-0.39, 0.29) is 5.54 Å². The standard InChI is InChI=1S/C16H34N2/c1-7-16(5,6)17-13-14(2)18-11-8-9-15(3,4)10-12-18/h14,17H,7-13H2,1-6H3. The van der Waals surface area contributed by atoms with Gasteiger partial charge in [0.15, 0.2) is 0 Å². The summed E-state index contributed by atoms with van der Waals surface area (Å²) in [7, 11) is 0. The van der Waals surface area contributed by atoms with Gasteiger partial charge in [0.2, 0.25) is 0 Å². The molecule has 1 unspecified atom stereocenters. The molecule has 0 aromatic heterocycles. The Morgan fingerprint density at radius 1 is 1.22 bits per heavy atom. The van der Waals surface area contributed by atoms with Crippen molar-refractivity contribution in [2.75, 3.05) is 19.6 Å². The van der Waals surface area contributed by atoms with Crippen LogP contribution in [0.15, 0.2) is 0 Å². The van der Waals surface area contributed by atoms with Crippen molar-refractivity contribution in [3.8, 4) is 0 Å². The van der Waals surface area contributed by atoms with Gasteiger partial charge in [0.25, 0.3) is 0 Å². The highest BCUT2D eigenvalue weighted by molar-refractivity contribution is 4.82. The molecule has 0 saturated carbocycles. The van der Waals surface area contributed by atoms with Crippen LogP contribution in [0.2, 0.25) is 0 Å². The van der Waals surface area contributed by atoms with E-state index in [9.17, 15) is 0 Å². The van der Waals surface area contributed by atoms with Crippen molar-refractivity contribution in [1.82, 2.24) is 10.2 Å². The Labute approximate surface area is 115 Å². The van der Waals surface area contributed by atoms with Crippen molar-refractivity contribution in [2.24, 2.45) is 5.41 Å². The van der Waals surface area contributed by atoms with Crippen molar-refractivity contribution >= 4 is 0 Å². The molecule has 1 saturated heterocycles. The van der Waals surface area contributed by atoms with E-state index in [0.29, 0.717) is 11.5 Å². The number of nitrogens with one attached hydrogen (secondary N) is 1. The minimum atomic E-state index is 0.277. The predicted molar refractivity (Wildman–Crippen MR) is 81.0 cm³/mol. The molecule has 1 atom stereocenters. The Morgan fingerprint density at radius 2 is 1.89 bits per heavy atom. The smallest absolute Gasteiger partial charge is 0.0192 e. The van der Waals surface area contributed by atoms with E-state index in [1.165, 1.54) is 38.8 Å². The fraction of sp³-hybridized carbons (Fsp3) is 1.00. The molecule has 0 amide bonds. The molecule has 1 aliphatic heterocycles. The zero-order valence-corrected chi connectivity index (χ0v) is 13.5. The van der Waals surface area contributed by atoms with Gasteiger partial charge >= 0.3 is 0 Å². The lowest BCUT2D eigenvalue weighted by Gasteiger charge is -2.32. The molecule has 1 heterocycles. The summed E-state index contributed by atoms with van der Waals surface area (Å²) in [4.78, 5) is 2.67. The summed E-state index contributed by atoms with van der Waals surface area (Å²) in [5.74, 6) is 0. The van der Waals surface area contributed by atoms with Gasteiger partial charge in [-0.2, -0.15) is 0 Å². The van der Waals surface area contributed by atoms with Crippen molar-refractivity contribution in [3.05, 3.63) is 0 Å². The third-order valence-corrected chi connectivity index (χ3v) is 4.76. The van der Waals surface area contributed by atoms with Crippen LogP contribution in [-0.4, -0.2) is 36.1 Å². The molecular weight excluding hydrogens is 220 g/mol. The second kappa shape index (κ2) is 6.38. The van der Waals surface area contributed by atoms with E-state index in [2.05, 4.69) is 51.8 Å².